The number of hydrogen-bond acceptors (Lipinski definition) is 5. The lowest BCUT2D eigenvalue weighted by atomic mass is 10.1. The van der Waals surface area contributed by atoms with Gasteiger partial charge in [0.1, 0.15) is 6.04 Å². The predicted molar refractivity (Wildman–Crippen MR) is 80.7 cm³/mol. The summed E-state index contributed by atoms with van der Waals surface area (Å²) in [6.07, 6.45) is 0.672. The summed E-state index contributed by atoms with van der Waals surface area (Å²) in [5, 5.41) is 2.86. The van der Waals surface area contributed by atoms with Crippen molar-refractivity contribution in [3.63, 3.8) is 0 Å². The molecule has 3 N–H and O–H groups in total. The van der Waals surface area contributed by atoms with E-state index in [0.29, 0.717) is 17.9 Å². The van der Waals surface area contributed by atoms with Crippen LogP contribution in [0.2, 0.25) is 0 Å². The molecule has 1 amide bonds. The van der Waals surface area contributed by atoms with E-state index in [2.05, 4.69) is 5.32 Å². The number of carbonyl (C=O) groups is 1. The Morgan fingerprint density at radius 2 is 1.90 bits per heavy atom. The van der Waals surface area contributed by atoms with Gasteiger partial charge in [0.15, 0.2) is 11.5 Å². The predicted octanol–water partition coefficient (Wildman–Crippen LogP) is 0.725. The highest BCUT2D eigenvalue weighted by Crippen LogP contribution is 2.27. The van der Waals surface area contributed by atoms with E-state index in [0.717, 1.165) is 5.56 Å². The van der Waals surface area contributed by atoms with Gasteiger partial charge in [-0.1, -0.05) is 6.07 Å². The second kappa shape index (κ2) is 8.49. The number of amides is 1. The van der Waals surface area contributed by atoms with E-state index in [1.807, 2.05) is 25.1 Å². The fourth-order valence-electron chi connectivity index (χ4n) is 2.02. The van der Waals surface area contributed by atoms with Crippen LogP contribution < -0.4 is 20.5 Å². The molecule has 1 rings (SSSR count). The molecule has 6 nitrogen and oxygen atoms in total. The Labute approximate surface area is 125 Å². The quantitative estimate of drug-likeness (QED) is 0.739. The van der Waals surface area contributed by atoms with E-state index >= 15 is 0 Å². The normalized spacial score (nSPS) is 13.4. The third-order valence-electron chi connectivity index (χ3n) is 3.06. The zero-order chi connectivity index (χ0) is 15.8. The lowest BCUT2D eigenvalue weighted by Crippen LogP contribution is -2.47. The molecular weight excluding hydrogens is 272 g/mol. The maximum atomic E-state index is 11.8. The molecule has 6 heteroatoms. The van der Waals surface area contributed by atoms with Gasteiger partial charge < -0.3 is 25.3 Å². The molecule has 0 fully saturated rings. The molecule has 118 valence electrons. The summed E-state index contributed by atoms with van der Waals surface area (Å²) < 4.78 is 15.3. The Morgan fingerprint density at radius 3 is 2.48 bits per heavy atom. The lowest BCUT2D eigenvalue weighted by Gasteiger charge is -2.18. The minimum Gasteiger partial charge on any atom is -0.493 e. The summed E-state index contributed by atoms with van der Waals surface area (Å²) in [5.41, 5.74) is 6.72. The van der Waals surface area contributed by atoms with Gasteiger partial charge in [0, 0.05) is 13.2 Å². The van der Waals surface area contributed by atoms with Gasteiger partial charge in [0.2, 0.25) is 5.91 Å². The molecule has 0 spiro atoms. The van der Waals surface area contributed by atoms with Gasteiger partial charge in [0.25, 0.3) is 0 Å². The van der Waals surface area contributed by atoms with Crippen LogP contribution in [0, 0.1) is 0 Å². The number of benzene rings is 1. The fourth-order valence-corrected chi connectivity index (χ4v) is 2.02. The summed E-state index contributed by atoms with van der Waals surface area (Å²) in [6.45, 7) is 2.13. The Balaban J connectivity index is 2.62. The van der Waals surface area contributed by atoms with Crippen LogP contribution in [0.5, 0.6) is 11.5 Å². The van der Waals surface area contributed by atoms with Crippen LogP contribution in [0.25, 0.3) is 0 Å². The second-order valence-corrected chi connectivity index (χ2v) is 4.86. The van der Waals surface area contributed by atoms with E-state index in [4.69, 9.17) is 19.9 Å². The molecule has 2 unspecified atom stereocenters. The van der Waals surface area contributed by atoms with Gasteiger partial charge in [-0.25, -0.2) is 0 Å². The number of methoxy groups -OCH3 is 3. The number of nitrogens with two attached hydrogens (primary N) is 1. The van der Waals surface area contributed by atoms with Crippen molar-refractivity contribution in [3.8, 4) is 11.5 Å². The molecule has 1 aromatic carbocycles. The number of rotatable bonds is 8. The molecule has 0 saturated carbocycles. The van der Waals surface area contributed by atoms with Crippen molar-refractivity contribution < 1.29 is 19.0 Å². The van der Waals surface area contributed by atoms with Crippen molar-refractivity contribution in [1.29, 1.82) is 0 Å². The minimum absolute atomic E-state index is 0.0430. The molecule has 0 aromatic heterocycles. The first kappa shape index (κ1) is 17.3. The molecule has 0 saturated heterocycles. The summed E-state index contributed by atoms with van der Waals surface area (Å²) in [7, 11) is 4.70. The van der Waals surface area contributed by atoms with E-state index in [1.165, 1.54) is 7.11 Å². The fraction of sp³-hybridized carbons (Fsp3) is 0.533. The van der Waals surface area contributed by atoms with E-state index in [9.17, 15) is 4.79 Å². The molecule has 21 heavy (non-hydrogen) atoms. The number of hydrogen-bond donors (Lipinski definition) is 2. The van der Waals surface area contributed by atoms with E-state index < -0.39 is 6.04 Å². The molecule has 0 bridgehead atoms. The zero-order valence-electron chi connectivity index (χ0n) is 13.0. The zero-order valence-corrected chi connectivity index (χ0v) is 13.0. The first-order valence-corrected chi connectivity index (χ1v) is 6.77. The van der Waals surface area contributed by atoms with Crippen molar-refractivity contribution >= 4 is 5.91 Å². The highest BCUT2D eigenvalue weighted by molar-refractivity contribution is 5.81. The Bertz CT molecular complexity index is 465. The summed E-state index contributed by atoms with van der Waals surface area (Å²) in [6, 6.07) is 5.00. The van der Waals surface area contributed by atoms with Crippen molar-refractivity contribution in [2.24, 2.45) is 5.73 Å². The molecule has 0 aliphatic heterocycles. The van der Waals surface area contributed by atoms with Gasteiger partial charge in [0.05, 0.1) is 20.8 Å². The summed E-state index contributed by atoms with van der Waals surface area (Å²) in [4.78, 5) is 11.8. The van der Waals surface area contributed by atoms with Crippen molar-refractivity contribution in [2.75, 3.05) is 27.9 Å². The second-order valence-electron chi connectivity index (χ2n) is 4.86. The monoisotopic (exact) mass is 296 g/mol. The maximum absolute atomic E-state index is 11.8. The smallest absolute Gasteiger partial charge is 0.239 e. The molecule has 0 aliphatic carbocycles. The molecule has 0 heterocycles. The van der Waals surface area contributed by atoms with Crippen LogP contribution in [0.4, 0.5) is 0 Å². The van der Waals surface area contributed by atoms with Crippen LogP contribution >= 0.6 is 0 Å². The molecule has 0 radical (unpaired) electrons. The Morgan fingerprint density at radius 1 is 1.24 bits per heavy atom. The van der Waals surface area contributed by atoms with Crippen LogP contribution in [0.3, 0.4) is 0 Å². The van der Waals surface area contributed by atoms with Gasteiger partial charge in [-0.3, -0.25) is 4.79 Å². The van der Waals surface area contributed by atoms with Gasteiger partial charge in [-0.15, -0.1) is 0 Å². The SMILES string of the molecule is COCC(N)C(=O)NC(C)Cc1ccc(OC)c(OC)c1. The number of carbonyl (C=O) groups excluding carboxylic acids is 1. The standard InChI is InChI=1S/C15H24N2O4/c1-10(17-15(18)12(16)9-19-2)7-11-5-6-13(20-3)14(8-11)21-4/h5-6,8,10,12H,7,9,16H2,1-4H3,(H,17,18). The summed E-state index contributed by atoms with van der Waals surface area (Å²) >= 11 is 0. The van der Waals surface area contributed by atoms with Crippen molar-refractivity contribution in [3.05, 3.63) is 23.8 Å². The van der Waals surface area contributed by atoms with Crippen LogP contribution in [-0.4, -0.2) is 45.9 Å². The van der Waals surface area contributed by atoms with Crippen LogP contribution in [0.15, 0.2) is 18.2 Å². The average Bonchev–Trinajstić information content (AvgIpc) is 2.47. The lowest BCUT2D eigenvalue weighted by molar-refractivity contribution is -0.124. The largest absolute Gasteiger partial charge is 0.493 e. The molecule has 0 aliphatic rings. The highest BCUT2D eigenvalue weighted by atomic mass is 16.5. The van der Waals surface area contributed by atoms with E-state index in [-0.39, 0.29) is 18.6 Å². The summed E-state index contributed by atoms with van der Waals surface area (Å²) in [5.74, 6) is 1.13. The highest BCUT2D eigenvalue weighted by Gasteiger charge is 2.16. The Kier molecular flexibility index (Phi) is 6.98. The molecular formula is C15H24N2O4. The Hall–Kier alpha value is -1.79. The van der Waals surface area contributed by atoms with Crippen LogP contribution in [0.1, 0.15) is 12.5 Å². The molecule has 2 atom stereocenters. The molecule has 1 aromatic rings. The number of ether oxygens (including phenoxy) is 3. The van der Waals surface area contributed by atoms with Crippen molar-refractivity contribution in [1.82, 2.24) is 5.32 Å². The van der Waals surface area contributed by atoms with E-state index in [1.54, 1.807) is 14.2 Å². The average molecular weight is 296 g/mol. The van der Waals surface area contributed by atoms with Crippen LogP contribution in [-0.2, 0) is 16.0 Å². The van der Waals surface area contributed by atoms with Gasteiger partial charge in [-0.2, -0.15) is 0 Å². The first-order chi connectivity index (χ1) is 10.0. The first-order valence-electron chi connectivity index (χ1n) is 6.77. The third-order valence-corrected chi connectivity index (χ3v) is 3.06. The number of nitrogens with one attached hydrogen (secondary N) is 1. The topological polar surface area (TPSA) is 82.8 Å². The van der Waals surface area contributed by atoms with Gasteiger partial charge >= 0.3 is 0 Å². The van der Waals surface area contributed by atoms with Crippen molar-refractivity contribution in [2.45, 2.75) is 25.4 Å². The third kappa shape index (κ3) is 5.24. The minimum atomic E-state index is -0.650. The maximum Gasteiger partial charge on any atom is 0.239 e. The van der Waals surface area contributed by atoms with Gasteiger partial charge in [-0.05, 0) is 31.0 Å².